The summed E-state index contributed by atoms with van der Waals surface area (Å²) in [5, 5.41) is 12.1. The number of benzene rings is 1. The molecule has 0 bridgehead atoms. The zero-order valence-corrected chi connectivity index (χ0v) is 10.1. The predicted octanol–water partition coefficient (Wildman–Crippen LogP) is 2.79. The fourth-order valence-electron chi connectivity index (χ4n) is 1.96. The number of fused-ring (bicyclic) bond motifs is 1. The summed E-state index contributed by atoms with van der Waals surface area (Å²) in [5.74, 6) is -2.03. The number of halogens is 3. The van der Waals surface area contributed by atoms with Gasteiger partial charge in [0.15, 0.2) is 11.5 Å². The van der Waals surface area contributed by atoms with E-state index in [1.807, 2.05) is 0 Å². The van der Waals surface area contributed by atoms with Gasteiger partial charge in [-0.25, -0.2) is 4.79 Å². The van der Waals surface area contributed by atoms with E-state index in [1.165, 1.54) is 0 Å². The van der Waals surface area contributed by atoms with Gasteiger partial charge in [-0.3, -0.25) is 0 Å². The van der Waals surface area contributed by atoms with Crippen molar-refractivity contribution in [2.75, 3.05) is 6.79 Å². The monoisotopic (exact) mass is 301 g/mol. The minimum absolute atomic E-state index is 0.123. The molecule has 0 saturated carbocycles. The van der Waals surface area contributed by atoms with E-state index in [0.717, 1.165) is 18.2 Å². The quantitative estimate of drug-likeness (QED) is 0.918. The number of ether oxygens (including phenoxy) is 2. The van der Waals surface area contributed by atoms with Crippen molar-refractivity contribution >= 4 is 5.97 Å². The molecule has 2 aromatic rings. The van der Waals surface area contributed by atoms with Crippen molar-refractivity contribution in [2.45, 2.75) is 6.18 Å². The molecule has 1 N–H and O–H groups in total. The molecule has 0 radical (unpaired) electrons. The summed E-state index contributed by atoms with van der Waals surface area (Å²) in [6.07, 6.45) is -4.67. The molecule has 1 aromatic heterocycles. The van der Waals surface area contributed by atoms with Crippen LogP contribution in [0.2, 0.25) is 0 Å². The third-order valence-corrected chi connectivity index (χ3v) is 2.82. The molecule has 21 heavy (non-hydrogen) atoms. The number of rotatable bonds is 2. The highest BCUT2D eigenvalue weighted by atomic mass is 19.4. The van der Waals surface area contributed by atoms with Crippen LogP contribution >= 0.6 is 0 Å². The van der Waals surface area contributed by atoms with Gasteiger partial charge in [0.25, 0.3) is 0 Å². The summed E-state index contributed by atoms with van der Waals surface area (Å²) in [4.78, 5) is 10.7. The van der Waals surface area contributed by atoms with Crippen LogP contribution in [0.5, 0.6) is 11.5 Å². The van der Waals surface area contributed by atoms with Crippen LogP contribution in [0, 0.1) is 0 Å². The second-order valence-corrected chi connectivity index (χ2v) is 4.10. The second-order valence-electron chi connectivity index (χ2n) is 4.10. The van der Waals surface area contributed by atoms with E-state index in [1.54, 1.807) is 0 Å². The molecule has 0 spiro atoms. The molecule has 0 amide bonds. The summed E-state index contributed by atoms with van der Waals surface area (Å²) in [6.45, 7) is -0.229. The van der Waals surface area contributed by atoms with Crippen molar-refractivity contribution in [2.24, 2.45) is 0 Å². The minimum Gasteiger partial charge on any atom is -0.475 e. The molecular weight excluding hydrogens is 295 g/mol. The summed E-state index contributed by atoms with van der Waals surface area (Å²) >= 11 is 0. The Morgan fingerprint density at radius 3 is 2.67 bits per heavy atom. The standard InChI is InChI=1S/C12H6F3NO5/c13-12(14,15)5-1-2-7-10(20-4-19-7)9(5)6-3-8(11(17)18)21-16-6/h1-3H,4H2,(H,17,18). The molecule has 0 fully saturated rings. The molecule has 0 aliphatic carbocycles. The fourth-order valence-corrected chi connectivity index (χ4v) is 1.96. The van der Waals surface area contributed by atoms with Gasteiger partial charge in [0.1, 0.15) is 5.69 Å². The summed E-state index contributed by atoms with van der Waals surface area (Å²) in [6, 6.07) is 2.85. The van der Waals surface area contributed by atoms with Crippen molar-refractivity contribution in [1.29, 1.82) is 0 Å². The van der Waals surface area contributed by atoms with Crippen molar-refractivity contribution in [1.82, 2.24) is 5.16 Å². The average Bonchev–Trinajstić information content (AvgIpc) is 3.05. The number of carboxylic acid groups (broad SMARTS) is 1. The maximum atomic E-state index is 13.1. The Kier molecular flexibility index (Phi) is 2.78. The van der Waals surface area contributed by atoms with Gasteiger partial charge < -0.3 is 19.1 Å². The molecule has 3 rings (SSSR count). The Hall–Kier alpha value is -2.71. The van der Waals surface area contributed by atoms with E-state index in [2.05, 4.69) is 9.68 Å². The largest absolute Gasteiger partial charge is 0.475 e. The Labute approximate surface area is 114 Å². The highest BCUT2D eigenvalue weighted by Gasteiger charge is 2.38. The Morgan fingerprint density at radius 1 is 1.29 bits per heavy atom. The molecule has 1 aliphatic heterocycles. The normalized spacial score (nSPS) is 13.5. The first-order valence-electron chi connectivity index (χ1n) is 5.58. The maximum absolute atomic E-state index is 13.1. The molecule has 0 atom stereocenters. The highest BCUT2D eigenvalue weighted by molar-refractivity contribution is 5.87. The lowest BCUT2D eigenvalue weighted by atomic mass is 10.0. The van der Waals surface area contributed by atoms with Gasteiger partial charge in [0.05, 0.1) is 11.1 Å². The molecular formula is C12H6F3NO5. The van der Waals surface area contributed by atoms with Crippen LogP contribution in [-0.4, -0.2) is 23.0 Å². The third-order valence-electron chi connectivity index (χ3n) is 2.82. The first-order chi connectivity index (χ1) is 9.88. The first kappa shape index (κ1) is 13.3. The Morgan fingerprint density at radius 2 is 2.05 bits per heavy atom. The third kappa shape index (κ3) is 2.16. The number of aromatic nitrogens is 1. The summed E-state index contributed by atoms with van der Waals surface area (Å²) in [5.41, 5.74) is -1.71. The first-order valence-corrected chi connectivity index (χ1v) is 5.58. The lowest BCUT2D eigenvalue weighted by molar-refractivity contribution is -0.137. The Bertz CT molecular complexity index is 722. The summed E-state index contributed by atoms with van der Waals surface area (Å²) < 4.78 is 53.8. The average molecular weight is 301 g/mol. The number of carboxylic acids is 1. The van der Waals surface area contributed by atoms with E-state index >= 15 is 0 Å². The van der Waals surface area contributed by atoms with Crippen molar-refractivity contribution in [3.63, 3.8) is 0 Å². The minimum atomic E-state index is -4.67. The maximum Gasteiger partial charge on any atom is 0.417 e. The number of hydrogen-bond acceptors (Lipinski definition) is 5. The van der Waals surface area contributed by atoms with Crippen LogP contribution in [0.3, 0.4) is 0 Å². The van der Waals surface area contributed by atoms with Gasteiger partial charge >= 0.3 is 12.1 Å². The van der Waals surface area contributed by atoms with Crippen LogP contribution in [-0.2, 0) is 6.18 Å². The topological polar surface area (TPSA) is 81.8 Å². The van der Waals surface area contributed by atoms with Crippen molar-refractivity contribution in [3.05, 3.63) is 29.5 Å². The second kappa shape index (κ2) is 4.40. The lowest BCUT2D eigenvalue weighted by Gasteiger charge is -2.12. The number of carbonyl (C=O) groups is 1. The highest BCUT2D eigenvalue weighted by Crippen LogP contribution is 2.48. The van der Waals surface area contributed by atoms with Gasteiger partial charge in [-0.05, 0) is 12.1 Å². The molecule has 1 aromatic carbocycles. The van der Waals surface area contributed by atoms with E-state index in [-0.39, 0.29) is 24.0 Å². The van der Waals surface area contributed by atoms with E-state index in [4.69, 9.17) is 14.6 Å². The van der Waals surface area contributed by atoms with Gasteiger partial charge in [-0.1, -0.05) is 5.16 Å². The van der Waals surface area contributed by atoms with Gasteiger partial charge in [-0.2, -0.15) is 13.2 Å². The fraction of sp³-hybridized carbons (Fsp3) is 0.167. The van der Waals surface area contributed by atoms with Crippen LogP contribution in [0.15, 0.2) is 22.7 Å². The van der Waals surface area contributed by atoms with Gasteiger partial charge in [0.2, 0.25) is 12.6 Å². The van der Waals surface area contributed by atoms with Gasteiger partial charge in [-0.15, -0.1) is 0 Å². The van der Waals surface area contributed by atoms with E-state index in [0.29, 0.717) is 0 Å². The zero-order valence-electron chi connectivity index (χ0n) is 10.1. The SMILES string of the molecule is O=C(O)c1cc(-c2c(C(F)(F)F)ccc3c2OCO3)no1. The molecule has 0 saturated heterocycles. The van der Waals surface area contributed by atoms with Crippen LogP contribution in [0.4, 0.5) is 13.2 Å². The molecule has 0 unspecified atom stereocenters. The van der Waals surface area contributed by atoms with Crippen LogP contribution in [0.1, 0.15) is 16.1 Å². The molecule has 9 heteroatoms. The molecule has 2 heterocycles. The van der Waals surface area contributed by atoms with E-state index < -0.39 is 29.0 Å². The molecule has 110 valence electrons. The van der Waals surface area contributed by atoms with Crippen LogP contribution in [0.25, 0.3) is 11.3 Å². The van der Waals surface area contributed by atoms with Crippen LogP contribution < -0.4 is 9.47 Å². The van der Waals surface area contributed by atoms with Gasteiger partial charge in [0, 0.05) is 6.07 Å². The molecule has 6 nitrogen and oxygen atoms in total. The Balaban J connectivity index is 2.23. The van der Waals surface area contributed by atoms with Crippen molar-refractivity contribution < 1.29 is 37.1 Å². The van der Waals surface area contributed by atoms with Crippen molar-refractivity contribution in [3.8, 4) is 22.8 Å². The predicted molar refractivity (Wildman–Crippen MR) is 60.0 cm³/mol. The number of nitrogens with zero attached hydrogens (tertiary/aromatic N) is 1. The molecule has 1 aliphatic rings. The number of hydrogen-bond donors (Lipinski definition) is 1. The number of alkyl halides is 3. The number of aromatic carboxylic acids is 1. The van der Waals surface area contributed by atoms with E-state index in [9.17, 15) is 18.0 Å². The lowest BCUT2D eigenvalue weighted by Crippen LogP contribution is -2.07. The summed E-state index contributed by atoms with van der Waals surface area (Å²) in [7, 11) is 0. The smallest absolute Gasteiger partial charge is 0.417 e. The zero-order chi connectivity index (χ0) is 15.2.